The zero-order valence-electron chi connectivity index (χ0n) is 17.9. The van der Waals surface area contributed by atoms with Crippen LogP contribution < -0.4 is 11.5 Å². The predicted octanol–water partition coefficient (Wildman–Crippen LogP) is 3.82. The van der Waals surface area contributed by atoms with Gasteiger partial charge in [0.15, 0.2) is 0 Å². The van der Waals surface area contributed by atoms with E-state index in [0.717, 1.165) is 37.9 Å². The molecule has 1 heterocycles. The van der Waals surface area contributed by atoms with Crippen LogP contribution in [0.5, 0.6) is 0 Å². The van der Waals surface area contributed by atoms with Gasteiger partial charge in [-0.15, -0.1) is 0 Å². The molecule has 31 heavy (non-hydrogen) atoms. The maximum absolute atomic E-state index is 11.4. The van der Waals surface area contributed by atoms with Crippen LogP contribution in [0.15, 0.2) is 84.9 Å². The van der Waals surface area contributed by atoms with Crippen molar-refractivity contribution in [2.75, 3.05) is 13.1 Å². The number of primary amides is 1. The van der Waals surface area contributed by atoms with E-state index in [1.54, 1.807) is 0 Å². The van der Waals surface area contributed by atoms with E-state index in [2.05, 4.69) is 77.7 Å². The summed E-state index contributed by atoms with van der Waals surface area (Å²) >= 11 is 0. The molecule has 0 radical (unpaired) electrons. The van der Waals surface area contributed by atoms with Gasteiger partial charge in [0.2, 0.25) is 5.91 Å². The summed E-state index contributed by atoms with van der Waals surface area (Å²) in [6, 6.07) is 29.9. The second-order valence-corrected chi connectivity index (χ2v) is 8.48. The number of benzene rings is 3. The Balaban J connectivity index is 1.94. The second-order valence-electron chi connectivity index (χ2n) is 8.48. The van der Waals surface area contributed by atoms with Gasteiger partial charge >= 0.3 is 0 Å². The third kappa shape index (κ3) is 4.41. The molecule has 1 aliphatic heterocycles. The zero-order valence-corrected chi connectivity index (χ0v) is 17.9. The molecule has 1 fully saturated rings. The van der Waals surface area contributed by atoms with E-state index < -0.39 is 5.54 Å². The molecule has 160 valence electrons. The maximum Gasteiger partial charge on any atom is 0.221 e. The lowest BCUT2D eigenvalue weighted by atomic mass is 9.75. The summed E-state index contributed by atoms with van der Waals surface area (Å²) in [5.74, 6) is -0.316. The smallest absolute Gasteiger partial charge is 0.221 e. The van der Waals surface area contributed by atoms with Gasteiger partial charge in [0.1, 0.15) is 0 Å². The largest absolute Gasteiger partial charge is 0.369 e. The van der Waals surface area contributed by atoms with Crippen molar-refractivity contribution in [3.63, 3.8) is 0 Å². The van der Waals surface area contributed by atoms with Crippen molar-refractivity contribution in [2.24, 2.45) is 11.5 Å². The summed E-state index contributed by atoms with van der Waals surface area (Å²) in [6.45, 7) is 1.80. The number of hydrogen-bond donors (Lipinski definition) is 2. The number of rotatable bonds is 6. The number of carbonyl (C=O) groups excluding carboxylic acids is 1. The van der Waals surface area contributed by atoms with E-state index in [9.17, 15) is 4.79 Å². The molecular weight excluding hydrogens is 382 g/mol. The fraction of sp³-hybridized carbons (Fsp3) is 0.296. The van der Waals surface area contributed by atoms with E-state index >= 15 is 0 Å². The van der Waals surface area contributed by atoms with Gasteiger partial charge in [-0.2, -0.15) is 0 Å². The molecule has 0 aromatic heterocycles. The number of amides is 1. The Bertz CT molecular complexity index is 947. The molecule has 4 rings (SSSR count). The summed E-state index contributed by atoms with van der Waals surface area (Å²) in [5.41, 5.74) is 16.0. The lowest BCUT2D eigenvalue weighted by molar-refractivity contribution is -0.117. The molecule has 4 N–H and O–H groups in total. The number of carbonyl (C=O) groups is 1. The Morgan fingerprint density at radius 2 is 1.39 bits per heavy atom. The fourth-order valence-electron chi connectivity index (χ4n) is 4.95. The van der Waals surface area contributed by atoms with Gasteiger partial charge in [-0.25, -0.2) is 0 Å². The number of nitrogens with two attached hydrogens (primary N) is 2. The molecule has 0 saturated carbocycles. The highest BCUT2D eigenvalue weighted by Crippen LogP contribution is 2.43. The highest BCUT2D eigenvalue weighted by molar-refractivity contribution is 5.76. The molecule has 0 bridgehead atoms. The summed E-state index contributed by atoms with van der Waals surface area (Å²) in [4.78, 5) is 14.0. The van der Waals surface area contributed by atoms with E-state index in [1.807, 2.05) is 12.1 Å². The van der Waals surface area contributed by atoms with Crippen LogP contribution in [0, 0.1) is 0 Å². The highest BCUT2D eigenvalue weighted by Gasteiger charge is 2.42. The molecule has 0 aliphatic carbocycles. The van der Waals surface area contributed by atoms with E-state index in [-0.39, 0.29) is 18.4 Å². The topological polar surface area (TPSA) is 72.4 Å². The first kappa shape index (κ1) is 21.3. The first-order valence-electron chi connectivity index (χ1n) is 11.1. The van der Waals surface area contributed by atoms with Crippen LogP contribution in [0.1, 0.15) is 41.5 Å². The summed E-state index contributed by atoms with van der Waals surface area (Å²) in [7, 11) is 0. The van der Waals surface area contributed by atoms with Crippen molar-refractivity contribution in [2.45, 2.75) is 37.3 Å². The van der Waals surface area contributed by atoms with Crippen molar-refractivity contribution in [3.8, 4) is 0 Å². The minimum atomic E-state index is -0.463. The quantitative estimate of drug-likeness (QED) is 0.604. The van der Waals surface area contributed by atoms with Crippen LogP contribution in [0.2, 0.25) is 0 Å². The molecule has 3 aromatic rings. The number of likely N-dealkylation sites (tertiary alicyclic amines) is 1. The van der Waals surface area contributed by atoms with Gasteiger partial charge in [0, 0.05) is 12.6 Å². The average Bonchev–Trinajstić information content (AvgIpc) is 3.01. The molecule has 0 spiro atoms. The van der Waals surface area contributed by atoms with E-state index in [4.69, 9.17) is 11.5 Å². The maximum atomic E-state index is 11.4. The summed E-state index contributed by atoms with van der Waals surface area (Å²) in [6.07, 6.45) is 3.57. The Hall–Kier alpha value is -2.95. The minimum Gasteiger partial charge on any atom is -0.369 e. The van der Waals surface area contributed by atoms with Crippen LogP contribution in [-0.2, 0) is 16.8 Å². The highest BCUT2D eigenvalue weighted by atomic mass is 16.1. The van der Waals surface area contributed by atoms with Crippen LogP contribution in [0.4, 0.5) is 0 Å². The van der Waals surface area contributed by atoms with Crippen molar-refractivity contribution >= 4 is 5.91 Å². The summed E-state index contributed by atoms with van der Waals surface area (Å²) < 4.78 is 0. The molecule has 4 nitrogen and oxygen atoms in total. The Morgan fingerprint density at radius 1 is 0.839 bits per heavy atom. The average molecular weight is 414 g/mol. The van der Waals surface area contributed by atoms with Crippen LogP contribution in [-0.4, -0.2) is 29.9 Å². The number of nitrogens with zero attached hydrogens (tertiary/aromatic N) is 1. The standard InChI is InChI=1S/C27H31N3O/c28-25-13-7-8-18-30(20-25)27(22-9-3-1-4-10-22,23-11-5-2-6-12-23)24-16-14-21(15-17-24)19-26(29)31/h1-6,9-12,14-17,25H,7-8,13,18-20,28H2,(H2,29,31)/t25-/m0/s1. The third-order valence-corrected chi connectivity index (χ3v) is 6.32. The second kappa shape index (κ2) is 9.46. The molecule has 3 aromatic carbocycles. The molecule has 1 saturated heterocycles. The van der Waals surface area contributed by atoms with Gasteiger partial charge < -0.3 is 11.5 Å². The van der Waals surface area contributed by atoms with Gasteiger partial charge in [0.05, 0.1) is 12.0 Å². The van der Waals surface area contributed by atoms with Gasteiger partial charge in [0.25, 0.3) is 0 Å². The third-order valence-electron chi connectivity index (χ3n) is 6.32. The zero-order chi connectivity index (χ0) is 21.7. The van der Waals surface area contributed by atoms with Crippen LogP contribution in [0.3, 0.4) is 0 Å². The van der Waals surface area contributed by atoms with Gasteiger partial charge in [-0.3, -0.25) is 9.69 Å². The molecule has 1 aliphatic rings. The SMILES string of the molecule is NC(=O)Cc1ccc(C(c2ccccc2)(c2ccccc2)N2CCCC[C@H](N)C2)cc1. The first-order valence-corrected chi connectivity index (χ1v) is 11.1. The Morgan fingerprint density at radius 3 is 1.94 bits per heavy atom. The van der Waals surface area contributed by atoms with E-state index in [0.29, 0.717) is 0 Å². The predicted molar refractivity (Wildman–Crippen MR) is 126 cm³/mol. The molecule has 1 atom stereocenters. The van der Waals surface area contributed by atoms with Crippen molar-refractivity contribution < 1.29 is 4.79 Å². The Kier molecular flexibility index (Phi) is 6.50. The van der Waals surface area contributed by atoms with Gasteiger partial charge in [-0.1, -0.05) is 91.3 Å². The van der Waals surface area contributed by atoms with Crippen molar-refractivity contribution in [1.82, 2.24) is 4.90 Å². The molecular formula is C27H31N3O. The lowest BCUT2D eigenvalue weighted by Crippen LogP contribution is -2.51. The van der Waals surface area contributed by atoms with Crippen molar-refractivity contribution in [1.29, 1.82) is 0 Å². The fourth-order valence-corrected chi connectivity index (χ4v) is 4.95. The van der Waals surface area contributed by atoms with Crippen LogP contribution in [0.25, 0.3) is 0 Å². The molecule has 0 unspecified atom stereocenters. The summed E-state index contributed by atoms with van der Waals surface area (Å²) in [5, 5.41) is 0. The number of hydrogen-bond acceptors (Lipinski definition) is 3. The van der Waals surface area contributed by atoms with Gasteiger partial charge in [-0.05, 0) is 41.6 Å². The lowest BCUT2D eigenvalue weighted by Gasteiger charge is -2.46. The van der Waals surface area contributed by atoms with E-state index in [1.165, 1.54) is 16.7 Å². The first-order chi connectivity index (χ1) is 15.1. The normalized spacial score (nSPS) is 17.8. The molecule has 4 heteroatoms. The van der Waals surface area contributed by atoms with Crippen molar-refractivity contribution in [3.05, 3.63) is 107 Å². The Labute approximate surface area is 184 Å². The monoisotopic (exact) mass is 413 g/mol. The minimum absolute atomic E-state index is 0.142. The molecule has 1 amide bonds. The van der Waals surface area contributed by atoms with Crippen LogP contribution >= 0.6 is 0 Å².